The second-order valence-corrected chi connectivity index (χ2v) is 5.02. The minimum absolute atomic E-state index is 0.298. The number of hydrogen-bond donors (Lipinski definition) is 1. The van der Waals surface area contributed by atoms with E-state index in [0.717, 1.165) is 25.3 Å². The van der Waals surface area contributed by atoms with Crippen LogP contribution in [0.1, 0.15) is 13.8 Å². The first-order valence-electron chi connectivity index (χ1n) is 6.51. The van der Waals surface area contributed by atoms with Crippen molar-refractivity contribution in [3.8, 4) is 5.75 Å². The van der Waals surface area contributed by atoms with Crippen molar-refractivity contribution in [3.05, 3.63) is 36.9 Å². The fourth-order valence-corrected chi connectivity index (χ4v) is 2.03. The molecule has 1 aromatic heterocycles. The number of aromatic hydroxyl groups is 1. The Kier molecular flexibility index (Phi) is 4.39. The molecule has 0 saturated carbocycles. The second kappa shape index (κ2) is 6.22. The lowest BCUT2D eigenvalue weighted by Crippen LogP contribution is -2.31. The first-order valence-corrected chi connectivity index (χ1v) is 6.51. The summed E-state index contributed by atoms with van der Waals surface area (Å²) in [5.41, 5.74) is 1.04. The Balaban J connectivity index is 2.07. The highest BCUT2D eigenvalue weighted by molar-refractivity contribution is 5.50. The molecule has 0 aliphatic carbocycles. The van der Waals surface area contributed by atoms with Gasteiger partial charge in [0.25, 0.3) is 0 Å². The Morgan fingerprint density at radius 2 is 2.21 bits per heavy atom. The molecular weight excluding hydrogens is 240 g/mol. The first kappa shape index (κ1) is 13.4. The van der Waals surface area contributed by atoms with E-state index in [2.05, 4.69) is 28.8 Å². The van der Waals surface area contributed by atoms with Gasteiger partial charge in [0.15, 0.2) is 0 Å². The van der Waals surface area contributed by atoms with E-state index in [1.807, 2.05) is 16.8 Å². The van der Waals surface area contributed by atoms with E-state index < -0.39 is 0 Å². The number of rotatable bonds is 6. The van der Waals surface area contributed by atoms with Crippen molar-refractivity contribution in [3.63, 3.8) is 0 Å². The van der Waals surface area contributed by atoms with Crippen molar-refractivity contribution in [1.82, 2.24) is 14.8 Å². The smallest absolute Gasteiger partial charge is 0.137 e. The van der Waals surface area contributed by atoms with Crippen LogP contribution in [0.25, 0.3) is 0 Å². The van der Waals surface area contributed by atoms with Gasteiger partial charge < -0.3 is 10.0 Å². The summed E-state index contributed by atoms with van der Waals surface area (Å²) >= 11 is 0. The molecule has 1 aromatic carbocycles. The van der Waals surface area contributed by atoms with Gasteiger partial charge in [-0.2, -0.15) is 5.10 Å². The number of hydrogen-bond acceptors (Lipinski definition) is 4. The third kappa shape index (κ3) is 3.98. The Morgan fingerprint density at radius 1 is 1.37 bits per heavy atom. The molecule has 5 nitrogen and oxygen atoms in total. The summed E-state index contributed by atoms with van der Waals surface area (Å²) in [4.78, 5) is 6.20. The molecule has 0 aliphatic rings. The maximum Gasteiger partial charge on any atom is 0.137 e. The molecule has 0 aliphatic heterocycles. The van der Waals surface area contributed by atoms with Crippen LogP contribution in [-0.4, -0.2) is 33.0 Å². The van der Waals surface area contributed by atoms with Crippen LogP contribution in [0.5, 0.6) is 5.75 Å². The highest BCUT2D eigenvalue weighted by Gasteiger charge is 2.09. The van der Waals surface area contributed by atoms with E-state index in [1.54, 1.807) is 24.8 Å². The van der Waals surface area contributed by atoms with Crippen LogP contribution in [0.4, 0.5) is 5.69 Å². The van der Waals surface area contributed by atoms with Crippen LogP contribution in [-0.2, 0) is 6.54 Å². The minimum Gasteiger partial charge on any atom is -0.508 e. The van der Waals surface area contributed by atoms with Crippen molar-refractivity contribution >= 4 is 5.69 Å². The van der Waals surface area contributed by atoms with Crippen molar-refractivity contribution in [1.29, 1.82) is 0 Å². The second-order valence-electron chi connectivity index (χ2n) is 5.02. The molecule has 0 fully saturated rings. The topological polar surface area (TPSA) is 54.2 Å². The molecule has 0 atom stereocenters. The van der Waals surface area contributed by atoms with Gasteiger partial charge in [-0.1, -0.05) is 19.9 Å². The van der Waals surface area contributed by atoms with Gasteiger partial charge in [-0.3, -0.25) is 4.68 Å². The van der Waals surface area contributed by atoms with Crippen LogP contribution in [0, 0.1) is 5.92 Å². The summed E-state index contributed by atoms with van der Waals surface area (Å²) in [6.07, 6.45) is 3.26. The van der Waals surface area contributed by atoms with Crippen molar-refractivity contribution in [2.24, 2.45) is 5.92 Å². The Morgan fingerprint density at radius 3 is 2.84 bits per heavy atom. The van der Waals surface area contributed by atoms with E-state index in [9.17, 15) is 5.11 Å². The molecule has 0 unspecified atom stereocenters. The molecule has 1 heterocycles. The quantitative estimate of drug-likeness (QED) is 0.864. The summed E-state index contributed by atoms with van der Waals surface area (Å²) in [6, 6.07) is 7.37. The summed E-state index contributed by atoms with van der Waals surface area (Å²) < 4.78 is 1.82. The first-order chi connectivity index (χ1) is 9.15. The Labute approximate surface area is 113 Å². The normalized spacial score (nSPS) is 10.9. The predicted molar refractivity (Wildman–Crippen MR) is 75.2 cm³/mol. The maximum absolute atomic E-state index is 9.59. The van der Waals surface area contributed by atoms with E-state index in [0.29, 0.717) is 11.7 Å². The van der Waals surface area contributed by atoms with Gasteiger partial charge in [-0.15, -0.1) is 0 Å². The third-order valence-electron chi connectivity index (χ3n) is 2.85. The fourth-order valence-electron chi connectivity index (χ4n) is 2.03. The minimum atomic E-state index is 0.298. The molecule has 0 saturated heterocycles. The largest absolute Gasteiger partial charge is 0.508 e. The predicted octanol–water partition coefficient (Wildman–Crippen LogP) is 2.15. The summed E-state index contributed by atoms with van der Waals surface area (Å²) in [6.45, 7) is 6.93. The van der Waals surface area contributed by atoms with Crippen LogP contribution in [0.15, 0.2) is 36.9 Å². The lowest BCUT2D eigenvalue weighted by atomic mass is 10.2. The van der Waals surface area contributed by atoms with Gasteiger partial charge in [-0.25, -0.2) is 4.98 Å². The number of nitrogens with zero attached hydrogens (tertiary/aromatic N) is 4. The highest BCUT2D eigenvalue weighted by Crippen LogP contribution is 2.21. The van der Waals surface area contributed by atoms with Gasteiger partial charge in [0.2, 0.25) is 0 Å². The average molecular weight is 260 g/mol. The number of phenols is 1. The van der Waals surface area contributed by atoms with E-state index in [1.165, 1.54) is 0 Å². The molecule has 2 aromatic rings. The van der Waals surface area contributed by atoms with Crippen LogP contribution < -0.4 is 4.90 Å². The number of phenolic OH excluding ortho intramolecular Hbond substituents is 1. The molecule has 0 radical (unpaired) electrons. The summed E-state index contributed by atoms with van der Waals surface area (Å²) in [5.74, 6) is 0.852. The van der Waals surface area contributed by atoms with Gasteiger partial charge in [0, 0.05) is 24.8 Å². The van der Waals surface area contributed by atoms with Crippen LogP contribution >= 0.6 is 0 Å². The van der Waals surface area contributed by atoms with E-state index in [-0.39, 0.29) is 0 Å². The molecule has 0 bridgehead atoms. The molecule has 2 rings (SSSR count). The van der Waals surface area contributed by atoms with Gasteiger partial charge >= 0.3 is 0 Å². The van der Waals surface area contributed by atoms with Crippen molar-refractivity contribution in [2.45, 2.75) is 20.4 Å². The average Bonchev–Trinajstić information content (AvgIpc) is 2.87. The number of aromatic nitrogens is 3. The molecule has 1 N–H and O–H groups in total. The fraction of sp³-hybridized carbons (Fsp3) is 0.429. The lowest BCUT2D eigenvalue weighted by Gasteiger charge is -2.26. The molecule has 102 valence electrons. The maximum atomic E-state index is 9.59. The number of anilines is 1. The van der Waals surface area contributed by atoms with Crippen LogP contribution in [0.3, 0.4) is 0 Å². The summed E-state index contributed by atoms with van der Waals surface area (Å²) in [7, 11) is 0. The summed E-state index contributed by atoms with van der Waals surface area (Å²) in [5, 5.41) is 13.7. The molecular formula is C14H20N4O. The molecule has 0 spiro atoms. The molecule has 19 heavy (non-hydrogen) atoms. The zero-order chi connectivity index (χ0) is 13.7. The highest BCUT2D eigenvalue weighted by atomic mass is 16.3. The van der Waals surface area contributed by atoms with Crippen molar-refractivity contribution < 1.29 is 5.11 Å². The van der Waals surface area contributed by atoms with E-state index >= 15 is 0 Å². The van der Waals surface area contributed by atoms with Crippen molar-refractivity contribution in [2.75, 3.05) is 18.0 Å². The third-order valence-corrected chi connectivity index (χ3v) is 2.85. The Bertz CT molecular complexity index is 496. The van der Waals surface area contributed by atoms with Gasteiger partial charge in [-0.05, 0) is 18.1 Å². The van der Waals surface area contributed by atoms with E-state index in [4.69, 9.17) is 0 Å². The zero-order valence-electron chi connectivity index (χ0n) is 11.4. The Hall–Kier alpha value is -2.04. The van der Waals surface area contributed by atoms with Gasteiger partial charge in [0.05, 0.1) is 6.54 Å². The van der Waals surface area contributed by atoms with Crippen LogP contribution in [0.2, 0.25) is 0 Å². The standard InChI is InChI=1S/C14H20N4O/c1-12(2)9-17(6-7-18-11-15-10-16-18)13-4-3-5-14(19)8-13/h3-5,8,10-12,19H,6-7,9H2,1-2H3. The monoisotopic (exact) mass is 260 g/mol. The number of benzene rings is 1. The van der Waals surface area contributed by atoms with Gasteiger partial charge in [0.1, 0.15) is 18.4 Å². The molecule has 0 amide bonds. The zero-order valence-corrected chi connectivity index (χ0v) is 11.4. The SMILES string of the molecule is CC(C)CN(CCn1cncn1)c1cccc(O)c1. The molecule has 5 heteroatoms. The lowest BCUT2D eigenvalue weighted by molar-refractivity contribution is 0.474.